The van der Waals surface area contributed by atoms with Crippen LogP contribution in [0.1, 0.15) is 92.0 Å². The molecule has 1 amide bonds. The van der Waals surface area contributed by atoms with Gasteiger partial charge >= 0.3 is 6.18 Å². The van der Waals surface area contributed by atoms with Gasteiger partial charge in [0.1, 0.15) is 11.6 Å². The minimum absolute atomic E-state index is 0.0415. The maximum absolute atomic E-state index is 13.5. The second-order valence-electron chi connectivity index (χ2n) is 9.83. The number of ketones is 1. The smallest absolute Gasteiger partial charge is 0.352 e. The van der Waals surface area contributed by atoms with Gasteiger partial charge in [0.2, 0.25) is 5.89 Å². The Hall–Kier alpha value is -3.57. The Kier molecular flexibility index (Phi) is 8.27. The number of hydrogen-bond donors (Lipinski definition) is 1. The number of carbonyl (C=O) groups excluding carboxylic acids is 2. The van der Waals surface area contributed by atoms with Crippen LogP contribution in [0.4, 0.5) is 17.6 Å². The number of carbonyl (C=O) groups is 2. The topological polar surface area (TPSA) is 103 Å². The zero-order chi connectivity index (χ0) is 27.4. The zero-order valence-corrected chi connectivity index (χ0v) is 21.1. The molecule has 4 rings (SSSR count). The fourth-order valence-corrected chi connectivity index (χ4v) is 4.56. The molecular weight excluding hydrogens is 506 g/mol. The van der Waals surface area contributed by atoms with E-state index in [1.807, 2.05) is 13.8 Å². The van der Waals surface area contributed by atoms with Gasteiger partial charge in [-0.1, -0.05) is 19.0 Å². The van der Waals surface area contributed by atoms with Gasteiger partial charge in [0.05, 0.1) is 11.3 Å². The number of amides is 1. The summed E-state index contributed by atoms with van der Waals surface area (Å²) in [4.78, 5) is 29.7. The summed E-state index contributed by atoms with van der Waals surface area (Å²) in [5.41, 5.74) is -1.81. The van der Waals surface area contributed by atoms with Crippen LogP contribution >= 0.6 is 0 Å². The Labute approximate surface area is 216 Å². The van der Waals surface area contributed by atoms with Crippen LogP contribution in [0.2, 0.25) is 0 Å². The molecule has 3 aromatic rings. The molecule has 12 heteroatoms. The summed E-state index contributed by atoms with van der Waals surface area (Å²) in [6.45, 7) is 4.00. The molecule has 38 heavy (non-hydrogen) atoms. The van der Waals surface area contributed by atoms with Crippen molar-refractivity contribution in [3.8, 4) is 5.69 Å². The van der Waals surface area contributed by atoms with Gasteiger partial charge in [0, 0.05) is 36.9 Å². The van der Waals surface area contributed by atoms with Crippen LogP contribution in [0.15, 0.2) is 35.0 Å². The van der Waals surface area contributed by atoms with E-state index in [2.05, 4.69) is 20.6 Å². The van der Waals surface area contributed by atoms with Crippen molar-refractivity contribution in [3.05, 3.63) is 59.3 Å². The minimum Gasteiger partial charge on any atom is -0.352 e. The van der Waals surface area contributed by atoms with E-state index in [1.165, 1.54) is 12.1 Å². The number of alkyl halides is 3. The zero-order valence-electron chi connectivity index (χ0n) is 21.1. The minimum atomic E-state index is -4.86. The largest absolute Gasteiger partial charge is 0.435 e. The third-order valence-electron chi connectivity index (χ3n) is 6.70. The molecule has 0 spiro atoms. The Morgan fingerprint density at radius 1 is 1.13 bits per heavy atom. The van der Waals surface area contributed by atoms with Gasteiger partial charge in [0.25, 0.3) is 5.91 Å². The van der Waals surface area contributed by atoms with E-state index in [0.717, 1.165) is 35.9 Å². The highest BCUT2D eigenvalue weighted by Gasteiger charge is 2.39. The van der Waals surface area contributed by atoms with Gasteiger partial charge in [-0.2, -0.15) is 23.3 Å². The second kappa shape index (κ2) is 11.4. The van der Waals surface area contributed by atoms with Crippen molar-refractivity contribution >= 4 is 11.7 Å². The van der Waals surface area contributed by atoms with E-state index in [0.29, 0.717) is 31.0 Å². The van der Waals surface area contributed by atoms with Crippen molar-refractivity contribution in [2.45, 2.75) is 70.4 Å². The summed E-state index contributed by atoms with van der Waals surface area (Å²) in [6.07, 6.45) is -0.396. The second-order valence-corrected chi connectivity index (χ2v) is 9.83. The quantitative estimate of drug-likeness (QED) is 0.283. The molecule has 8 nitrogen and oxygen atoms in total. The summed E-state index contributed by atoms with van der Waals surface area (Å²) >= 11 is 0. The van der Waals surface area contributed by atoms with Gasteiger partial charge in [-0.05, 0) is 56.4 Å². The molecule has 1 aromatic carbocycles. The Morgan fingerprint density at radius 2 is 1.82 bits per heavy atom. The number of nitrogens with zero attached hydrogens (tertiary/aromatic N) is 4. The van der Waals surface area contributed by atoms with Gasteiger partial charge in [-0.25, -0.2) is 9.07 Å². The molecule has 204 valence electrons. The highest BCUT2D eigenvalue weighted by molar-refractivity contribution is 5.95. The van der Waals surface area contributed by atoms with Crippen molar-refractivity contribution in [3.63, 3.8) is 0 Å². The molecule has 0 unspecified atom stereocenters. The van der Waals surface area contributed by atoms with Gasteiger partial charge in [0.15, 0.2) is 11.5 Å². The highest BCUT2D eigenvalue weighted by atomic mass is 19.4. The molecule has 1 N–H and O–H groups in total. The number of hydrogen-bond acceptors (Lipinski definition) is 6. The number of benzene rings is 1. The number of nitrogens with one attached hydrogen (secondary N) is 1. The Balaban J connectivity index is 1.27. The lowest BCUT2D eigenvalue weighted by atomic mass is 9.79. The lowest BCUT2D eigenvalue weighted by molar-refractivity contribution is -0.141. The van der Waals surface area contributed by atoms with Crippen molar-refractivity contribution in [2.24, 2.45) is 5.92 Å². The first-order valence-corrected chi connectivity index (χ1v) is 12.6. The van der Waals surface area contributed by atoms with Crippen LogP contribution in [0.3, 0.4) is 0 Å². The van der Waals surface area contributed by atoms with Crippen LogP contribution in [-0.4, -0.2) is 38.2 Å². The maximum atomic E-state index is 13.5. The van der Waals surface area contributed by atoms with Gasteiger partial charge < -0.3 is 9.84 Å². The first kappa shape index (κ1) is 27.5. The Morgan fingerprint density at radius 3 is 2.42 bits per heavy atom. The normalized spacial score (nSPS) is 18.1. The third kappa shape index (κ3) is 6.46. The fraction of sp³-hybridized carbons (Fsp3) is 0.500. The Bertz CT molecular complexity index is 1260. The highest BCUT2D eigenvalue weighted by Crippen LogP contribution is 2.36. The molecule has 0 bridgehead atoms. The third-order valence-corrected chi connectivity index (χ3v) is 6.70. The van der Waals surface area contributed by atoms with E-state index in [9.17, 15) is 27.2 Å². The SMILES string of the molecule is CC(C)c1nc(C2CCC(C(=O)CCCNC(=O)c3cn(-c4ccc(F)cc4)nc3C(F)(F)F)CC2)no1. The predicted octanol–water partition coefficient (Wildman–Crippen LogP) is 5.59. The summed E-state index contributed by atoms with van der Waals surface area (Å²) < 4.78 is 59.8. The van der Waals surface area contributed by atoms with Crippen LogP contribution in [0.5, 0.6) is 0 Å². The van der Waals surface area contributed by atoms with E-state index >= 15 is 0 Å². The van der Waals surface area contributed by atoms with Crippen LogP contribution in [0.25, 0.3) is 5.69 Å². The van der Waals surface area contributed by atoms with Crippen LogP contribution in [-0.2, 0) is 11.0 Å². The first-order chi connectivity index (χ1) is 18.0. The molecule has 0 atom stereocenters. The molecule has 1 saturated carbocycles. The van der Waals surface area contributed by atoms with Crippen LogP contribution < -0.4 is 5.32 Å². The number of Topliss-reactive ketones (excluding diaryl/α,β-unsaturated/α-hetero) is 1. The summed E-state index contributed by atoms with van der Waals surface area (Å²) in [7, 11) is 0. The summed E-state index contributed by atoms with van der Waals surface area (Å²) in [6, 6.07) is 4.69. The number of halogens is 4. The molecule has 1 aliphatic carbocycles. The summed E-state index contributed by atoms with van der Waals surface area (Å²) in [5.74, 6) is 0.0878. The average Bonchev–Trinajstić information content (AvgIpc) is 3.55. The molecule has 1 aliphatic rings. The number of rotatable bonds is 9. The monoisotopic (exact) mass is 535 g/mol. The standard InChI is InChI=1S/C26H29F4N5O3/c1-15(2)25-32-23(34-38-25)17-7-5-16(6-8-17)21(36)4-3-13-31-24(37)20-14-35(33-22(20)26(28,29)30)19-11-9-18(27)10-12-19/h9-12,14-17H,3-8,13H2,1-2H3,(H,31,37). The predicted molar refractivity (Wildman–Crippen MR) is 128 cm³/mol. The summed E-state index contributed by atoms with van der Waals surface area (Å²) in [5, 5.41) is 10.0. The molecular formula is C26H29F4N5O3. The van der Waals surface area contributed by atoms with Gasteiger partial charge in [-0.15, -0.1) is 0 Å². The van der Waals surface area contributed by atoms with E-state index < -0.39 is 29.2 Å². The van der Waals surface area contributed by atoms with Gasteiger partial charge in [-0.3, -0.25) is 9.59 Å². The van der Waals surface area contributed by atoms with Crippen molar-refractivity contribution in [1.29, 1.82) is 0 Å². The molecule has 2 aromatic heterocycles. The fourth-order valence-electron chi connectivity index (χ4n) is 4.56. The van der Waals surface area contributed by atoms with E-state index in [4.69, 9.17) is 4.52 Å². The maximum Gasteiger partial charge on any atom is 0.435 e. The van der Waals surface area contributed by atoms with Crippen molar-refractivity contribution in [2.75, 3.05) is 6.54 Å². The number of aromatic nitrogens is 4. The van der Waals surface area contributed by atoms with E-state index in [1.54, 1.807) is 0 Å². The van der Waals surface area contributed by atoms with E-state index in [-0.39, 0.29) is 42.2 Å². The lowest BCUT2D eigenvalue weighted by Crippen LogP contribution is -2.28. The van der Waals surface area contributed by atoms with Crippen molar-refractivity contribution in [1.82, 2.24) is 25.2 Å². The molecule has 2 heterocycles. The van der Waals surface area contributed by atoms with Crippen LogP contribution in [0, 0.1) is 11.7 Å². The molecule has 0 radical (unpaired) electrons. The lowest BCUT2D eigenvalue weighted by Gasteiger charge is -2.25. The molecule has 0 saturated heterocycles. The van der Waals surface area contributed by atoms with Crippen molar-refractivity contribution < 1.29 is 31.7 Å². The molecule has 0 aliphatic heterocycles. The first-order valence-electron chi connectivity index (χ1n) is 12.6. The molecule has 1 fully saturated rings. The average molecular weight is 536 g/mol.